The molecule has 0 bridgehead atoms. The number of nitrogens with zero attached hydrogens (tertiary/aromatic N) is 2. The van der Waals surface area contributed by atoms with Crippen molar-refractivity contribution in [2.75, 3.05) is 19.0 Å². The molecule has 1 aromatic heterocycles. The normalized spacial score (nSPS) is 10.6. The second-order valence-electron chi connectivity index (χ2n) is 4.56. The molecule has 0 spiro atoms. The minimum Gasteiger partial charge on any atom is -0.384 e. The van der Waals surface area contributed by atoms with Gasteiger partial charge in [0.1, 0.15) is 16.8 Å². The standard InChI is InChI=1S/C15H18ClN3O/c1-10-14(16)17-11(2)18-15(10)19-13-7-5-4-6-12(13)8-9-20-3/h4-7H,8-9H2,1-3H3,(H,17,18,19). The minimum atomic E-state index is 0.481. The van der Waals surface area contributed by atoms with Crippen LogP contribution in [0.25, 0.3) is 0 Å². The van der Waals surface area contributed by atoms with E-state index in [0.29, 0.717) is 17.6 Å². The average Bonchev–Trinajstić information content (AvgIpc) is 2.43. The molecule has 1 N–H and O–H groups in total. The third-order valence-corrected chi connectivity index (χ3v) is 3.41. The predicted octanol–water partition coefficient (Wildman–Crippen LogP) is 3.68. The summed E-state index contributed by atoms with van der Waals surface area (Å²) in [6.45, 7) is 4.41. The van der Waals surface area contributed by atoms with E-state index in [1.54, 1.807) is 7.11 Å². The summed E-state index contributed by atoms with van der Waals surface area (Å²) in [5.74, 6) is 1.39. The number of para-hydroxylation sites is 1. The summed E-state index contributed by atoms with van der Waals surface area (Å²) in [6, 6.07) is 8.10. The maximum absolute atomic E-state index is 6.10. The van der Waals surface area contributed by atoms with Crippen LogP contribution in [0.2, 0.25) is 5.15 Å². The van der Waals surface area contributed by atoms with Crippen molar-refractivity contribution in [1.29, 1.82) is 0 Å². The quantitative estimate of drug-likeness (QED) is 0.854. The molecule has 0 radical (unpaired) electrons. The number of aryl methyl sites for hydroxylation is 1. The molecule has 2 rings (SSSR count). The van der Waals surface area contributed by atoms with Crippen LogP contribution in [0.5, 0.6) is 0 Å². The van der Waals surface area contributed by atoms with Gasteiger partial charge in [-0.05, 0) is 31.9 Å². The second kappa shape index (κ2) is 6.68. The zero-order valence-corrected chi connectivity index (χ0v) is 12.7. The van der Waals surface area contributed by atoms with E-state index in [9.17, 15) is 0 Å². The number of hydrogen-bond donors (Lipinski definition) is 1. The maximum Gasteiger partial charge on any atom is 0.138 e. The fourth-order valence-corrected chi connectivity index (χ4v) is 2.13. The number of ether oxygens (including phenoxy) is 1. The van der Waals surface area contributed by atoms with E-state index in [-0.39, 0.29) is 0 Å². The zero-order chi connectivity index (χ0) is 14.5. The lowest BCUT2D eigenvalue weighted by Gasteiger charge is -2.13. The van der Waals surface area contributed by atoms with Crippen molar-refractivity contribution < 1.29 is 4.74 Å². The molecule has 0 aliphatic rings. The van der Waals surface area contributed by atoms with Gasteiger partial charge in [0.2, 0.25) is 0 Å². The molecular formula is C15H18ClN3O. The maximum atomic E-state index is 6.10. The van der Waals surface area contributed by atoms with Gasteiger partial charge >= 0.3 is 0 Å². The van der Waals surface area contributed by atoms with Crippen LogP contribution in [0.4, 0.5) is 11.5 Å². The van der Waals surface area contributed by atoms with Gasteiger partial charge in [0.25, 0.3) is 0 Å². The molecule has 5 heteroatoms. The van der Waals surface area contributed by atoms with Crippen LogP contribution in [-0.2, 0) is 11.2 Å². The Morgan fingerprint density at radius 3 is 2.70 bits per heavy atom. The third kappa shape index (κ3) is 3.46. The van der Waals surface area contributed by atoms with E-state index in [2.05, 4.69) is 21.4 Å². The summed E-state index contributed by atoms with van der Waals surface area (Å²) >= 11 is 6.10. The first kappa shape index (κ1) is 14.8. The molecule has 0 unspecified atom stereocenters. The zero-order valence-electron chi connectivity index (χ0n) is 11.9. The predicted molar refractivity (Wildman–Crippen MR) is 81.8 cm³/mol. The minimum absolute atomic E-state index is 0.481. The van der Waals surface area contributed by atoms with E-state index in [0.717, 1.165) is 23.5 Å². The molecule has 0 aliphatic heterocycles. The van der Waals surface area contributed by atoms with Crippen LogP contribution < -0.4 is 5.32 Å². The fourth-order valence-electron chi connectivity index (χ4n) is 1.92. The van der Waals surface area contributed by atoms with Crippen LogP contribution in [0, 0.1) is 13.8 Å². The van der Waals surface area contributed by atoms with Gasteiger partial charge < -0.3 is 10.1 Å². The molecule has 1 heterocycles. The van der Waals surface area contributed by atoms with Gasteiger partial charge in [-0.3, -0.25) is 0 Å². The molecule has 2 aromatic rings. The third-order valence-electron chi connectivity index (χ3n) is 3.04. The number of anilines is 2. The lowest BCUT2D eigenvalue weighted by atomic mass is 10.1. The molecule has 0 saturated carbocycles. The van der Waals surface area contributed by atoms with Gasteiger partial charge in [0, 0.05) is 18.4 Å². The van der Waals surface area contributed by atoms with Crippen molar-refractivity contribution in [2.24, 2.45) is 0 Å². The fraction of sp³-hybridized carbons (Fsp3) is 0.333. The van der Waals surface area contributed by atoms with Crippen molar-refractivity contribution in [3.8, 4) is 0 Å². The van der Waals surface area contributed by atoms with Gasteiger partial charge in [0.15, 0.2) is 0 Å². The molecule has 0 atom stereocenters. The Bertz CT molecular complexity index is 602. The SMILES string of the molecule is COCCc1ccccc1Nc1nc(C)nc(Cl)c1C. The highest BCUT2D eigenvalue weighted by molar-refractivity contribution is 6.30. The van der Waals surface area contributed by atoms with Gasteiger partial charge in [-0.15, -0.1) is 0 Å². The summed E-state index contributed by atoms with van der Waals surface area (Å²) in [5, 5.41) is 3.82. The largest absolute Gasteiger partial charge is 0.384 e. The molecule has 20 heavy (non-hydrogen) atoms. The van der Waals surface area contributed by atoms with Crippen LogP contribution in [0.3, 0.4) is 0 Å². The topological polar surface area (TPSA) is 47.0 Å². The Labute approximate surface area is 124 Å². The number of halogens is 1. The van der Waals surface area contributed by atoms with Crippen molar-refractivity contribution in [3.63, 3.8) is 0 Å². The number of aromatic nitrogens is 2. The second-order valence-corrected chi connectivity index (χ2v) is 4.92. The molecular weight excluding hydrogens is 274 g/mol. The summed E-state index contributed by atoms with van der Waals surface area (Å²) in [7, 11) is 1.70. The van der Waals surface area contributed by atoms with Crippen molar-refractivity contribution in [1.82, 2.24) is 9.97 Å². The summed E-state index contributed by atoms with van der Waals surface area (Å²) < 4.78 is 5.14. The summed E-state index contributed by atoms with van der Waals surface area (Å²) in [5.41, 5.74) is 3.04. The number of nitrogens with one attached hydrogen (secondary N) is 1. The van der Waals surface area contributed by atoms with Crippen molar-refractivity contribution in [3.05, 3.63) is 46.4 Å². The Morgan fingerprint density at radius 1 is 1.20 bits per heavy atom. The van der Waals surface area contributed by atoms with Gasteiger partial charge in [-0.25, -0.2) is 9.97 Å². The van der Waals surface area contributed by atoms with Gasteiger partial charge in [-0.2, -0.15) is 0 Å². The highest BCUT2D eigenvalue weighted by Crippen LogP contribution is 2.25. The van der Waals surface area contributed by atoms with Crippen LogP contribution >= 0.6 is 11.6 Å². The molecule has 1 aromatic carbocycles. The lowest BCUT2D eigenvalue weighted by molar-refractivity contribution is 0.202. The Balaban J connectivity index is 2.30. The number of rotatable bonds is 5. The number of hydrogen-bond acceptors (Lipinski definition) is 4. The average molecular weight is 292 g/mol. The molecule has 0 aliphatic carbocycles. The summed E-state index contributed by atoms with van der Waals surface area (Å²) in [4.78, 5) is 8.55. The van der Waals surface area contributed by atoms with Crippen LogP contribution in [0.1, 0.15) is 17.0 Å². The Morgan fingerprint density at radius 2 is 1.95 bits per heavy atom. The highest BCUT2D eigenvalue weighted by Gasteiger charge is 2.09. The monoisotopic (exact) mass is 291 g/mol. The van der Waals surface area contributed by atoms with E-state index in [4.69, 9.17) is 16.3 Å². The van der Waals surface area contributed by atoms with Crippen molar-refractivity contribution >= 4 is 23.1 Å². The Kier molecular flexibility index (Phi) is 4.93. The van der Waals surface area contributed by atoms with E-state index < -0.39 is 0 Å². The molecule has 106 valence electrons. The van der Waals surface area contributed by atoms with Crippen molar-refractivity contribution in [2.45, 2.75) is 20.3 Å². The van der Waals surface area contributed by atoms with E-state index >= 15 is 0 Å². The molecule has 0 amide bonds. The molecule has 4 nitrogen and oxygen atoms in total. The lowest BCUT2D eigenvalue weighted by Crippen LogP contribution is -2.04. The van der Waals surface area contributed by atoms with E-state index in [1.807, 2.05) is 32.0 Å². The first-order chi connectivity index (χ1) is 9.61. The van der Waals surface area contributed by atoms with Gasteiger partial charge in [-0.1, -0.05) is 29.8 Å². The first-order valence-electron chi connectivity index (χ1n) is 6.46. The highest BCUT2D eigenvalue weighted by atomic mass is 35.5. The summed E-state index contributed by atoms with van der Waals surface area (Å²) in [6.07, 6.45) is 0.844. The van der Waals surface area contributed by atoms with Crippen LogP contribution in [-0.4, -0.2) is 23.7 Å². The Hall–Kier alpha value is -1.65. The molecule has 0 fully saturated rings. The first-order valence-corrected chi connectivity index (χ1v) is 6.84. The molecule has 0 saturated heterocycles. The van der Waals surface area contributed by atoms with Gasteiger partial charge in [0.05, 0.1) is 6.61 Å². The smallest absolute Gasteiger partial charge is 0.138 e. The van der Waals surface area contributed by atoms with E-state index in [1.165, 1.54) is 5.56 Å². The number of benzene rings is 1. The van der Waals surface area contributed by atoms with Crippen LogP contribution in [0.15, 0.2) is 24.3 Å². The number of methoxy groups -OCH3 is 1.